The van der Waals surface area contributed by atoms with Gasteiger partial charge in [-0.2, -0.15) is 0 Å². The summed E-state index contributed by atoms with van der Waals surface area (Å²) in [6, 6.07) is 12.1. The first-order valence-corrected chi connectivity index (χ1v) is 7.06. The zero-order chi connectivity index (χ0) is 14.8. The van der Waals surface area contributed by atoms with Crippen LogP contribution in [0.1, 0.15) is 18.2 Å². The molecule has 0 unspecified atom stereocenters. The van der Waals surface area contributed by atoms with Gasteiger partial charge in [0, 0.05) is 29.7 Å². The molecule has 3 nitrogen and oxygen atoms in total. The van der Waals surface area contributed by atoms with Crippen molar-refractivity contribution in [1.82, 2.24) is 4.57 Å². The number of hydrogen-bond acceptors (Lipinski definition) is 1. The number of amides is 1. The molecule has 2 heterocycles. The van der Waals surface area contributed by atoms with E-state index in [0.717, 1.165) is 23.5 Å². The van der Waals surface area contributed by atoms with Crippen LogP contribution in [0, 0.1) is 0 Å². The van der Waals surface area contributed by atoms with Crippen molar-refractivity contribution in [3.05, 3.63) is 78.2 Å². The maximum Gasteiger partial charge on any atom is 0.258 e. The number of hydrogen-bond donors (Lipinski definition) is 0. The lowest BCUT2D eigenvalue weighted by Gasteiger charge is -2.22. The molecule has 3 heteroatoms. The molecule has 21 heavy (non-hydrogen) atoms. The van der Waals surface area contributed by atoms with E-state index in [1.54, 1.807) is 6.08 Å². The Hall–Kier alpha value is -2.55. The zero-order valence-electron chi connectivity index (χ0n) is 12.1. The molecule has 1 aromatic heterocycles. The number of rotatable bonds is 2. The quantitative estimate of drug-likeness (QED) is 0.609. The van der Waals surface area contributed by atoms with Gasteiger partial charge in [-0.15, -0.1) is 0 Å². The maximum atomic E-state index is 12.7. The lowest BCUT2D eigenvalue weighted by atomic mass is 10.1. The van der Waals surface area contributed by atoms with E-state index < -0.39 is 0 Å². The summed E-state index contributed by atoms with van der Waals surface area (Å²) in [7, 11) is 0. The molecule has 106 valence electrons. The summed E-state index contributed by atoms with van der Waals surface area (Å²) in [5, 5.41) is 0. The monoisotopic (exact) mass is 278 g/mol. The summed E-state index contributed by atoms with van der Waals surface area (Å²) < 4.78 is 2.19. The molecule has 0 bridgehead atoms. The number of para-hydroxylation sites is 1. The van der Waals surface area contributed by atoms with Crippen molar-refractivity contribution in [1.29, 1.82) is 0 Å². The molecule has 0 saturated heterocycles. The van der Waals surface area contributed by atoms with Crippen molar-refractivity contribution in [2.24, 2.45) is 0 Å². The van der Waals surface area contributed by atoms with Gasteiger partial charge in [-0.1, -0.05) is 36.9 Å². The molecule has 0 spiro atoms. The Kier molecular flexibility index (Phi) is 3.48. The molecular formula is C18H18N2O. The summed E-state index contributed by atoms with van der Waals surface area (Å²) in [6.45, 7) is 7.13. The predicted molar refractivity (Wildman–Crippen MR) is 85.1 cm³/mol. The van der Waals surface area contributed by atoms with Crippen LogP contribution in [0.4, 0.5) is 5.69 Å². The summed E-state index contributed by atoms with van der Waals surface area (Å²) in [5.74, 6) is -0.0461. The standard InChI is InChI=1S/C18H18N2O/c1-3-7-14(2)18(21)20-13-16-9-6-11-19(16)12-15-8-4-5-10-17(15)20/h3-11H,2,12-13H2,1H3. The fourth-order valence-corrected chi connectivity index (χ4v) is 2.71. The maximum absolute atomic E-state index is 12.7. The topological polar surface area (TPSA) is 25.2 Å². The van der Waals surface area contributed by atoms with Crippen LogP contribution in [0.25, 0.3) is 0 Å². The van der Waals surface area contributed by atoms with Crippen LogP contribution in [-0.2, 0) is 17.9 Å². The molecule has 0 N–H and O–H groups in total. The molecule has 1 aliphatic rings. The van der Waals surface area contributed by atoms with Crippen LogP contribution in [0.3, 0.4) is 0 Å². The number of carbonyl (C=O) groups is 1. The van der Waals surface area contributed by atoms with E-state index >= 15 is 0 Å². The van der Waals surface area contributed by atoms with Crippen LogP contribution < -0.4 is 4.90 Å². The average Bonchev–Trinajstić information content (AvgIpc) is 2.86. The fraction of sp³-hybridized carbons (Fsp3) is 0.167. The van der Waals surface area contributed by atoms with Crippen molar-refractivity contribution in [3.63, 3.8) is 0 Å². The molecule has 3 rings (SSSR count). The lowest BCUT2D eigenvalue weighted by molar-refractivity contribution is -0.115. The Morgan fingerprint density at radius 3 is 2.81 bits per heavy atom. The van der Waals surface area contributed by atoms with Crippen molar-refractivity contribution in [2.45, 2.75) is 20.0 Å². The molecule has 1 aromatic carbocycles. The normalized spacial score (nSPS) is 13.7. The Balaban J connectivity index is 2.07. The lowest BCUT2D eigenvalue weighted by Crippen LogP contribution is -2.31. The third-order valence-corrected chi connectivity index (χ3v) is 3.75. The number of aromatic nitrogens is 1. The number of anilines is 1. The van der Waals surface area contributed by atoms with Gasteiger partial charge >= 0.3 is 0 Å². The van der Waals surface area contributed by atoms with E-state index in [9.17, 15) is 4.79 Å². The Morgan fingerprint density at radius 1 is 1.19 bits per heavy atom. The van der Waals surface area contributed by atoms with Gasteiger partial charge in [0.05, 0.1) is 6.54 Å². The number of fused-ring (bicyclic) bond motifs is 2. The number of allylic oxidation sites excluding steroid dienone is 1. The molecule has 1 aliphatic heterocycles. The number of carbonyl (C=O) groups excluding carboxylic acids is 1. The van der Waals surface area contributed by atoms with Gasteiger partial charge in [-0.05, 0) is 30.7 Å². The minimum atomic E-state index is -0.0461. The van der Waals surface area contributed by atoms with E-state index in [0.29, 0.717) is 12.1 Å². The Bertz CT molecular complexity index is 724. The number of nitrogens with zero attached hydrogens (tertiary/aromatic N) is 2. The number of benzene rings is 1. The predicted octanol–water partition coefficient (Wildman–Crippen LogP) is 3.52. The summed E-state index contributed by atoms with van der Waals surface area (Å²) in [6.07, 6.45) is 5.66. The van der Waals surface area contributed by atoms with Gasteiger partial charge in [0.1, 0.15) is 0 Å². The van der Waals surface area contributed by atoms with E-state index in [1.165, 1.54) is 0 Å². The zero-order valence-corrected chi connectivity index (χ0v) is 12.1. The second-order valence-corrected chi connectivity index (χ2v) is 5.17. The van der Waals surface area contributed by atoms with Crippen LogP contribution >= 0.6 is 0 Å². The van der Waals surface area contributed by atoms with Crippen molar-refractivity contribution in [3.8, 4) is 0 Å². The molecule has 1 amide bonds. The molecule has 0 aliphatic carbocycles. The van der Waals surface area contributed by atoms with E-state index in [2.05, 4.69) is 29.5 Å². The van der Waals surface area contributed by atoms with E-state index in [1.807, 2.05) is 42.2 Å². The Morgan fingerprint density at radius 2 is 2.00 bits per heavy atom. The first-order valence-electron chi connectivity index (χ1n) is 7.06. The molecular weight excluding hydrogens is 260 g/mol. The van der Waals surface area contributed by atoms with Gasteiger partial charge in [0.2, 0.25) is 0 Å². The molecule has 0 saturated carbocycles. The first-order chi connectivity index (χ1) is 10.2. The van der Waals surface area contributed by atoms with Crippen LogP contribution in [-0.4, -0.2) is 10.5 Å². The molecule has 0 fully saturated rings. The van der Waals surface area contributed by atoms with Crippen molar-refractivity contribution in [2.75, 3.05) is 4.90 Å². The highest BCUT2D eigenvalue weighted by Crippen LogP contribution is 2.28. The van der Waals surface area contributed by atoms with Crippen LogP contribution in [0.2, 0.25) is 0 Å². The van der Waals surface area contributed by atoms with Gasteiger partial charge in [0.15, 0.2) is 0 Å². The Labute approximate surface area is 124 Å². The van der Waals surface area contributed by atoms with Crippen molar-refractivity contribution < 1.29 is 4.79 Å². The third-order valence-electron chi connectivity index (χ3n) is 3.75. The second-order valence-electron chi connectivity index (χ2n) is 5.17. The largest absolute Gasteiger partial charge is 0.345 e. The highest BCUT2D eigenvalue weighted by atomic mass is 16.2. The van der Waals surface area contributed by atoms with Gasteiger partial charge in [-0.3, -0.25) is 4.79 Å². The third kappa shape index (κ3) is 2.42. The molecule has 0 radical (unpaired) electrons. The average molecular weight is 278 g/mol. The summed E-state index contributed by atoms with van der Waals surface area (Å²) >= 11 is 0. The van der Waals surface area contributed by atoms with Gasteiger partial charge < -0.3 is 9.47 Å². The molecule has 2 aromatic rings. The molecule has 0 atom stereocenters. The van der Waals surface area contributed by atoms with E-state index in [-0.39, 0.29) is 5.91 Å². The van der Waals surface area contributed by atoms with Gasteiger partial charge in [0.25, 0.3) is 5.91 Å². The van der Waals surface area contributed by atoms with Crippen molar-refractivity contribution >= 4 is 11.6 Å². The highest BCUT2D eigenvalue weighted by Gasteiger charge is 2.24. The fourth-order valence-electron chi connectivity index (χ4n) is 2.71. The second kappa shape index (κ2) is 5.44. The van der Waals surface area contributed by atoms with Crippen LogP contribution in [0.15, 0.2) is 66.9 Å². The van der Waals surface area contributed by atoms with Gasteiger partial charge in [-0.25, -0.2) is 0 Å². The summed E-state index contributed by atoms with van der Waals surface area (Å²) in [5.41, 5.74) is 3.76. The summed E-state index contributed by atoms with van der Waals surface area (Å²) in [4.78, 5) is 14.5. The minimum Gasteiger partial charge on any atom is -0.345 e. The van der Waals surface area contributed by atoms with Crippen LogP contribution in [0.5, 0.6) is 0 Å². The van der Waals surface area contributed by atoms with E-state index in [4.69, 9.17) is 0 Å². The minimum absolute atomic E-state index is 0.0461. The SMILES string of the molecule is C=C(C=CC)C(=O)N1Cc2cccn2Cc2ccccc21. The first kappa shape index (κ1) is 13.4. The smallest absolute Gasteiger partial charge is 0.258 e. The highest BCUT2D eigenvalue weighted by molar-refractivity contribution is 6.07.